The van der Waals surface area contributed by atoms with Crippen molar-refractivity contribution in [2.24, 2.45) is 0 Å². The highest BCUT2D eigenvalue weighted by Gasteiger charge is 2.21. The predicted octanol–water partition coefficient (Wildman–Crippen LogP) is 2.14. The molecule has 2 rings (SSSR count). The van der Waals surface area contributed by atoms with E-state index in [2.05, 4.69) is 15.6 Å². The van der Waals surface area contributed by atoms with E-state index in [0.29, 0.717) is 12.2 Å². The zero-order valence-corrected chi connectivity index (χ0v) is 13.6. The van der Waals surface area contributed by atoms with Crippen molar-refractivity contribution < 1.29 is 13.2 Å². The molecule has 122 valence electrons. The van der Waals surface area contributed by atoms with E-state index in [1.54, 1.807) is 13.0 Å². The summed E-state index contributed by atoms with van der Waals surface area (Å²) in [7, 11) is -4.03. The highest BCUT2D eigenvalue weighted by Crippen LogP contribution is 2.25. The van der Waals surface area contributed by atoms with Crippen molar-refractivity contribution in [3.8, 4) is 0 Å². The molecule has 0 unspecified atom stereocenters. The molecule has 2 aromatic rings. The molecule has 0 atom stereocenters. The second-order valence-electron chi connectivity index (χ2n) is 4.78. The van der Waals surface area contributed by atoms with Crippen molar-refractivity contribution in [3.63, 3.8) is 0 Å². The van der Waals surface area contributed by atoms with Gasteiger partial charge in [-0.2, -0.15) is 0 Å². The van der Waals surface area contributed by atoms with Crippen LogP contribution in [0.3, 0.4) is 0 Å². The molecule has 0 bridgehead atoms. The first kappa shape index (κ1) is 16.8. The van der Waals surface area contributed by atoms with Crippen molar-refractivity contribution in [3.05, 3.63) is 48.3 Å². The van der Waals surface area contributed by atoms with E-state index >= 15 is 0 Å². The molecule has 3 N–H and O–H groups in total. The highest BCUT2D eigenvalue weighted by molar-refractivity contribution is 7.90. The highest BCUT2D eigenvalue weighted by atomic mass is 32.2. The van der Waals surface area contributed by atoms with Gasteiger partial charge in [-0.25, -0.2) is 17.9 Å². The summed E-state index contributed by atoms with van der Waals surface area (Å²) in [6.07, 6.45) is 2.67. The van der Waals surface area contributed by atoms with Crippen LogP contribution in [0.25, 0.3) is 0 Å². The van der Waals surface area contributed by atoms with Gasteiger partial charge >= 0.3 is 6.03 Å². The number of sulfonamides is 1. The van der Waals surface area contributed by atoms with E-state index in [4.69, 9.17) is 0 Å². The van der Waals surface area contributed by atoms with E-state index in [0.717, 1.165) is 11.3 Å². The molecular weight excluding hydrogens is 316 g/mol. The van der Waals surface area contributed by atoms with Crippen molar-refractivity contribution in [2.45, 2.75) is 18.7 Å². The lowest BCUT2D eigenvalue weighted by Crippen LogP contribution is -2.39. The van der Waals surface area contributed by atoms with Crippen LogP contribution >= 0.6 is 0 Å². The first-order chi connectivity index (χ1) is 10.9. The molecule has 23 heavy (non-hydrogen) atoms. The third-order valence-electron chi connectivity index (χ3n) is 3.05. The van der Waals surface area contributed by atoms with Crippen LogP contribution in [0, 0.1) is 6.92 Å². The van der Waals surface area contributed by atoms with Crippen LogP contribution in [-0.4, -0.2) is 26.0 Å². The molecule has 0 aliphatic rings. The number of aromatic nitrogens is 1. The topological polar surface area (TPSA) is 100 Å². The van der Waals surface area contributed by atoms with Gasteiger partial charge in [0.2, 0.25) is 0 Å². The number of anilines is 2. The molecular formula is C15H18N4O3S. The van der Waals surface area contributed by atoms with E-state index in [1.165, 1.54) is 12.4 Å². The molecule has 0 spiro atoms. The summed E-state index contributed by atoms with van der Waals surface area (Å²) in [6, 6.07) is 8.24. The van der Waals surface area contributed by atoms with Crippen LogP contribution in [0.1, 0.15) is 12.5 Å². The zero-order valence-electron chi connectivity index (χ0n) is 12.8. The van der Waals surface area contributed by atoms with Gasteiger partial charge in [-0.3, -0.25) is 4.98 Å². The first-order valence-corrected chi connectivity index (χ1v) is 8.49. The van der Waals surface area contributed by atoms with Crippen LogP contribution in [0.4, 0.5) is 16.2 Å². The molecule has 0 saturated carbocycles. The summed E-state index contributed by atoms with van der Waals surface area (Å²) in [4.78, 5) is 15.2. The molecule has 8 heteroatoms. The number of nitrogens with one attached hydrogen (secondary N) is 3. The molecule has 0 saturated heterocycles. The third-order valence-corrected chi connectivity index (χ3v) is 4.41. The molecule has 7 nitrogen and oxygen atoms in total. The average Bonchev–Trinajstić information content (AvgIpc) is 2.50. The molecule has 0 aliphatic heterocycles. The molecule has 1 aromatic heterocycles. The minimum atomic E-state index is -4.03. The van der Waals surface area contributed by atoms with Gasteiger partial charge in [0.1, 0.15) is 4.90 Å². The van der Waals surface area contributed by atoms with Gasteiger partial charge in [0.15, 0.2) is 0 Å². The second-order valence-corrected chi connectivity index (χ2v) is 6.43. The lowest BCUT2D eigenvalue weighted by Gasteiger charge is -2.14. The Bertz CT molecular complexity index is 806. The van der Waals surface area contributed by atoms with Crippen LogP contribution in [0.15, 0.2) is 47.6 Å². The molecule has 2 amide bonds. The number of amides is 2. The summed E-state index contributed by atoms with van der Waals surface area (Å²) >= 11 is 0. The monoisotopic (exact) mass is 334 g/mol. The molecule has 1 aromatic carbocycles. The number of urea groups is 1. The molecule has 0 fully saturated rings. The van der Waals surface area contributed by atoms with Gasteiger partial charge in [-0.15, -0.1) is 0 Å². The Kier molecular flexibility index (Phi) is 5.17. The first-order valence-electron chi connectivity index (χ1n) is 7.01. The second kappa shape index (κ2) is 7.10. The van der Waals surface area contributed by atoms with Crippen LogP contribution in [0.2, 0.25) is 0 Å². The van der Waals surface area contributed by atoms with Gasteiger partial charge in [0, 0.05) is 24.6 Å². The number of hydrogen-bond acceptors (Lipinski definition) is 5. The zero-order chi connectivity index (χ0) is 16.9. The minimum Gasteiger partial charge on any atom is -0.354 e. The Labute approximate surface area is 135 Å². The number of para-hydroxylation sites is 1. The SMILES string of the molecule is CCNC(=O)NS(=O)(=O)c1cnccc1Nc1ccccc1C. The summed E-state index contributed by atoms with van der Waals surface area (Å²) in [6.45, 7) is 3.93. The molecule has 0 aliphatic carbocycles. The fraction of sp³-hybridized carbons (Fsp3) is 0.200. The summed E-state index contributed by atoms with van der Waals surface area (Å²) in [5.74, 6) is 0. The Balaban J connectivity index is 2.34. The van der Waals surface area contributed by atoms with Gasteiger partial charge in [-0.05, 0) is 31.5 Å². The van der Waals surface area contributed by atoms with E-state index in [1.807, 2.05) is 35.9 Å². The van der Waals surface area contributed by atoms with Gasteiger partial charge in [0.05, 0.1) is 5.69 Å². The number of nitrogens with zero attached hydrogens (tertiary/aromatic N) is 1. The van der Waals surface area contributed by atoms with Crippen molar-refractivity contribution in [1.82, 2.24) is 15.0 Å². The van der Waals surface area contributed by atoms with Crippen LogP contribution < -0.4 is 15.4 Å². The lowest BCUT2D eigenvalue weighted by molar-refractivity contribution is 0.246. The van der Waals surface area contributed by atoms with E-state index < -0.39 is 16.1 Å². The smallest absolute Gasteiger partial charge is 0.328 e. The van der Waals surface area contributed by atoms with Gasteiger partial charge in [0.25, 0.3) is 10.0 Å². The maximum Gasteiger partial charge on any atom is 0.328 e. The van der Waals surface area contributed by atoms with Crippen molar-refractivity contribution in [1.29, 1.82) is 0 Å². The number of pyridine rings is 1. The Morgan fingerprint density at radius 3 is 2.61 bits per heavy atom. The van der Waals surface area contributed by atoms with Crippen LogP contribution in [-0.2, 0) is 10.0 Å². The average molecular weight is 334 g/mol. The number of carbonyl (C=O) groups excluding carboxylic acids is 1. The maximum atomic E-state index is 12.4. The molecule has 0 radical (unpaired) electrons. The Hall–Kier alpha value is -2.61. The third kappa shape index (κ3) is 4.19. The number of benzene rings is 1. The van der Waals surface area contributed by atoms with Crippen molar-refractivity contribution >= 4 is 27.4 Å². The number of rotatable bonds is 5. The Morgan fingerprint density at radius 1 is 1.17 bits per heavy atom. The minimum absolute atomic E-state index is 0.102. The summed E-state index contributed by atoms with van der Waals surface area (Å²) in [5.41, 5.74) is 2.07. The number of carbonyl (C=O) groups is 1. The lowest BCUT2D eigenvalue weighted by atomic mass is 10.2. The van der Waals surface area contributed by atoms with E-state index in [-0.39, 0.29) is 4.90 Å². The number of aryl methyl sites for hydroxylation is 1. The largest absolute Gasteiger partial charge is 0.354 e. The predicted molar refractivity (Wildman–Crippen MR) is 88.1 cm³/mol. The van der Waals surface area contributed by atoms with Crippen molar-refractivity contribution in [2.75, 3.05) is 11.9 Å². The molecule has 1 heterocycles. The van der Waals surface area contributed by atoms with Gasteiger partial charge < -0.3 is 10.6 Å². The summed E-state index contributed by atoms with van der Waals surface area (Å²) in [5, 5.41) is 5.44. The fourth-order valence-electron chi connectivity index (χ4n) is 1.93. The quantitative estimate of drug-likeness (QED) is 0.778. The Morgan fingerprint density at radius 2 is 1.91 bits per heavy atom. The van der Waals surface area contributed by atoms with E-state index in [9.17, 15) is 13.2 Å². The maximum absolute atomic E-state index is 12.4. The summed E-state index contributed by atoms with van der Waals surface area (Å²) < 4.78 is 26.7. The van der Waals surface area contributed by atoms with Gasteiger partial charge in [-0.1, -0.05) is 18.2 Å². The fourth-order valence-corrected chi connectivity index (χ4v) is 2.96. The normalized spacial score (nSPS) is 10.9. The number of hydrogen-bond donors (Lipinski definition) is 3. The standard InChI is InChI=1S/C15H18N4O3S/c1-3-17-15(20)19-23(21,22)14-10-16-9-8-13(14)18-12-7-5-4-6-11(12)2/h4-10H,3H2,1-2H3,(H,16,18)(H2,17,19,20). The van der Waals surface area contributed by atoms with Crippen LogP contribution in [0.5, 0.6) is 0 Å².